The fraction of sp³-hybridized carbons (Fsp3) is 0.562. The first-order chi connectivity index (χ1) is 8.46. The molecule has 1 aliphatic carbocycles. The van der Waals surface area contributed by atoms with E-state index in [1.54, 1.807) is 0 Å². The second kappa shape index (κ2) is 3.59. The zero-order chi connectivity index (χ0) is 13.0. The van der Waals surface area contributed by atoms with Crippen LogP contribution in [0.1, 0.15) is 39.2 Å². The van der Waals surface area contributed by atoms with Crippen LogP contribution in [0, 0.1) is 12.3 Å². The predicted octanol–water partition coefficient (Wildman–Crippen LogP) is 3.79. The van der Waals surface area contributed by atoms with Gasteiger partial charge in [-0.15, -0.1) is 0 Å². The van der Waals surface area contributed by atoms with Crippen molar-refractivity contribution < 1.29 is 0 Å². The third-order valence-corrected chi connectivity index (χ3v) is 5.32. The van der Waals surface area contributed by atoms with Gasteiger partial charge in [0.1, 0.15) is 0 Å². The molecule has 0 N–H and O–H groups in total. The van der Waals surface area contributed by atoms with Crippen molar-refractivity contribution in [3.05, 3.63) is 29.8 Å². The average molecular weight is 242 g/mol. The van der Waals surface area contributed by atoms with Crippen LogP contribution in [0.25, 0.3) is 0 Å². The molecule has 1 aromatic rings. The Morgan fingerprint density at radius 1 is 1.22 bits per heavy atom. The summed E-state index contributed by atoms with van der Waals surface area (Å²) in [6.07, 6.45) is 4.51. The van der Waals surface area contributed by atoms with E-state index in [1.165, 1.54) is 24.1 Å². The molecule has 0 radical (unpaired) electrons. The van der Waals surface area contributed by atoms with E-state index < -0.39 is 0 Å². The minimum Gasteiger partial charge on any atom is -0.329 e. The molecule has 3 rings (SSSR count). The van der Waals surface area contributed by atoms with E-state index in [9.17, 15) is 0 Å². The van der Waals surface area contributed by atoms with E-state index in [2.05, 4.69) is 63.2 Å². The number of anilines is 1. The highest BCUT2D eigenvalue weighted by molar-refractivity contribution is 5.83. The number of aryl methyl sites for hydroxylation is 1. The second-order valence-corrected chi connectivity index (χ2v) is 6.49. The smallest absolute Gasteiger partial charge is 0.0904 e. The molecule has 1 aromatic carbocycles. The normalized spacial score (nSPS) is 32.9. The van der Waals surface area contributed by atoms with E-state index in [1.807, 2.05) is 0 Å². The van der Waals surface area contributed by atoms with Crippen molar-refractivity contribution in [2.24, 2.45) is 10.4 Å². The lowest BCUT2D eigenvalue weighted by atomic mass is 9.73. The third kappa shape index (κ3) is 1.38. The van der Waals surface area contributed by atoms with Crippen LogP contribution in [0.3, 0.4) is 0 Å². The molecule has 0 spiro atoms. The number of rotatable bonds is 1. The molecule has 18 heavy (non-hydrogen) atoms. The molecule has 1 heterocycles. The van der Waals surface area contributed by atoms with Crippen molar-refractivity contribution in [3.8, 4) is 0 Å². The van der Waals surface area contributed by atoms with Crippen molar-refractivity contribution in [3.63, 3.8) is 0 Å². The van der Waals surface area contributed by atoms with E-state index in [0.717, 1.165) is 0 Å². The Morgan fingerprint density at radius 2 is 1.94 bits per heavy atom. The van der Waals surface area contributed by atoms with Crippen LogP contribution in [0.4, 0.5) is 5.69 Å². The van der Waals surface area contributed by atoms with Crippen LogP contribution in [0.2, 0.25) is 0 Å². The first-order valence-corrected chi connectivity index (χ1v) is 6.85. The molecule has 0 amide bonds. The highest BCUT2D eigenvalue weighted by atomic mass is 15.3. The molecule has 1 fully saturated rings. The number of benzene rings is 1. The molecular formula is C16H22N2. The number of hydrogen-bond donors (Lipinski definition) is 0. The Morgan fingerprint density at radius 3 is 2.67 bits per heavy atom. The summed E-state index contributed by atoms with van der Waals surface area (Å²) in [6.45, 7) is 9.22. The number of aliphatic imine (C=N–C) groups is 1. The van der Waals surface area contributed by atoms with Gasteiger partial charge in [0.2, 0.25) is 0 Å². The van der Waals surface area contributed by atoms with Crippen molar-refractivity contribution in [1.29, 1.82) is 0 Å². The molecule has 96 valence electrons. The summed E-state index contributed by atoms with van der Waals surface area (Å²) in [4.78, 5) is 7.27. The highest BCUT2D eigenvalue weighted by Gasteiger charge is 2.55. The Labute approximate surface area is 110 Å². The summed E-state index contributed by atoms with van der Waals surface area (Å²) in [5, 5.41) is 0. The van der Waals surface area contributed by atoms with Crippen molar-refractivity contribution in [1.82, 2.24) is 0 Å². The summed E-state index contributed by atoms with van der Waals surface area (Å²) < 4.78 is 0. The maximum Gasteiger partial charge on any atom is 0.0904 e. The lowest BCUT2D eigenvalue weighted by Crippen LogP contribution is -2.53. The zero-order valence-corrected chi connectivity index (χ0v) is 11.8. The molecule has 2 atom stereocenters. The van der Waals surface area contributed by atoms with Gasteiger partial charge in [0, 0.05) is 17.1 Å². The van der Waals surface area contributed by atoms with Crippen LogP contribution >= 0.6 is 0 Å². The summed E-state index contributed by atoms with van der Waals surface area (Å²) in [6, 6.07) is 9.17. The fourth-order valence-electron chi connectivity index (χ4n) is 3.53. The van der Waals surface area contributed by atoms with Gasteiger partial charge in [-0.2, -0.15) is 0 Å². The molecule has 2 bridgehead atoms. The minimum atomic E-state index is 0.122. The predicted molar refractivity (Wildman–Crippen MR) is 77.4 cm³/mol. The van der Waals surface area contributed by atoms with Gasteiger partial charge in [0.05, 0.1) is 11.9 Å². The van der Waals surface area contributed by atoms with E-state index in [4.69, 9.17) is 4.99 Å². The van der Waals surface area contributed by atoms with E-state index >= 15 is 0 Å². The van der Waals surface area contributed by atoms with Gasteiger partial charge in [0.25, 0.3) is 0 Å². The van der Waals surface area contributed by atoms with Crippen LogP contribution in [0.15, 0.2) is 29.3 Å². The second-order valence-electron chi connectivity index (χ2n) is 6.49. The SMILES string of the molecule is Cc1ccccc1N1C=NC2(C)CCC1C2(C)C. The Hall–Kier alpha value is -1.31. The molecule has 0 saturated heterocycles. The maximum absolute atomic E-state index is 4.87. The minimum absolute atomic E-state index is 0.122. The lowest BCUT2D eigenvalue weighted by molar-refractivity contribution is 0.200. The van der Waals surface area contributed by atoms with Crippen LogP contribution in [0.5, 0.6) is 0 Å². The average Bonchev–Trinajstić information content (AvgIpc) is 2.49. The van der Waals surface area contributed by atoms with Gasteiger partial charge in [-0.25, -0.2) is 0 Å². The van der Waals surface area contributed by atoms with Gasteiger partial charge in [-0.3, -0.25) is 4.99 Å². The number of hydrogen-bond acceptors (Lipinski definition) is 2. The van der Waals surface area contributed by atoms with Crippen molar-refractivity contribution >= 4 is 12.0 Å². The molecule has 0 aromatic heterocycles. The van der Waals surface area contributed by atoms with Crippen LogP contribution in [-0.4, -0.2) is 17.9 Å². The standard InChI is InChI=1S/C16H22N2/c1-12-7-5-6-8-13(12)18-11-17-16(4)10-9-14(18)15(16,2)3/h5-8,11,14H,9-10H2,1-4H3. The first kappa shape index (κ1) is 11.8. The summed E-state index contributed by atoms with van der Waals surface area (Å²) in [5.74, 6) is 0. The zero-order valence-electron chi connectivity index (χ0n) is 11.8. The van der Waals surface area contributed by atoms with Crippen LogP contribution < -0.4 is 4.90 Å². The summed E-state index contributed by atoms with van der Waals surface area (Å²) in [7, 11) is 0. The topological polar surface area (TPSA) is 15.6 Å². The van der Waals surface area contributed by atoms with E-state index in [0.29, 0.717) is 6.04 Å². The molecular weight excluding hydrogens is 220 g/mol. The molecule has 2 heteroatoms. The van der Waals surface area contributed by atoms with Crippen molar-refractivity contribution in [2.75, 3.05) is 4.90 Å². The molecule has 1 aliphatic heterocycles. The quantitative estimate of drug-likeness (QED) is 0.731. The van der Waals surface area contributed by atoms with Crippen LogP contribution in [-0.2, 0) is 0 Å². The molecule has 2 nitrogen and oxygen atoms in total. The highest BCUT2D eigenvalue weighted by Crippen LogP contribution is 2.53. The molecule has 2 unspecified atom stereocenters. The van der Waals surface area contributed by atoms with E-state index in [-0.39, 0.29) is 11.0 Å². The number of nitrogens with zero attached hydrogens (tertiary/aromatic N) is 2. The summed E-state index contributed by atoms with van der Waals surface area (Å²) in [5.41, 5.74) is 3.00. The number of fused-ring (bicyclic) bond motifs is 2. The number of para-hydroxylation sites is 1. The Kier molecular flexibility index (Phi) is 2.35. The van der Waals surface area contributed by atoms with Gasteiger partial charge in [-0.1, -0.05) is 32.0 Å². The Bertz CT molecular complexity index is 504. The largest absolute Gasteiger partial charge is 0.329 e. The third-order valence-electron chi connectivity index (χ3n) is 5.32. The Balaban J connectivity index is 2.07. The molecule has 2 aliphatic rings. The van der Waals surface area contributed by atoms with Gasteiger partial charge in [-0.05, 0) is 38.3 Å². The summed E-state index contributed by atoms with van der Waals surface area (Å²) >= 11 is 0. The van der Waals surface area contributed by atoms with Gasteiger partial charge >= 0.3 is 0 Å². The fourth-order valence-corrected chi connectivity index (χ4v) is 3.53. The first-order valence-electron chi connectivity index (χ1n) is 6.85. The lowest BCUT2D eigenvalue weighted by Gasteiger charge is -2.47. The van der Waals surface area contributed by atoms with Gasteiger partial charge < -0.3 is 4.90 Å². The maximum atomic E-state index is 4.87. The monoisotopic (exact) mass is 242 g/mol. The van der Waals surface area contributed by atoms with Gasteiger partial charge in [0.15, 0.2) is 0 Å². The van der Waals surface area contributed by atoms with Crippen molar-refractivity contribution in [2.45, 2.75) is 52.1 Å². The molecule has 1 saturated carbocycles.